The van der Waals surface area contributed by atoms with Crippen LogP contribution in [0.2, 0.25) is 0 Å². The van der Waals surface area contributed by atoms with Crippen LogP contribution in [0.25, 0.3) is 0 Å². The number of ether oxygens (including phenoxy) is 2. The molecule has 0 spiro atoms. The SMILES string of the molecule is CC/C=C\C/C=C\C/C=C\C/C=C\CCCCCOCC(COP(=O)(O)OCCN)OC(=O)CCCCCCCCCCC/C=C\CCCCCCCCCC. The number of carbonyl (C=O) groups excluding carboxylic acids is 1. The van der Waals surface area contributed by atoms with E-state index < -0.39 is 13.9 Å². The molecule has 3 N–H and O–H groups in total. The Balaban J connectivity index is 4.04. The summed E-state index contributed by atoms with van der Waals surface area (Å²) in [7, 11) is -4.29. The number of phosphoric acid groups is 1. The number of nitrogens with two attached hydrogens (primary N) is 1. The van der Waals surface area contributed by atoms with E-state index in [4.69, 9.17) is 24.3 Å². The molecule has 56 heavy (non-hydrogen) atoms. The highest BCUT2D eigenvalue weighted by Crippen LogP contribution is 2.43. The lowest BCUT2D eigenvalue weighted by Crippen LogP contribution is -2.28. The minimum atomic E-state index is -4.29. The number of hydrogen-bond acceptors (Lipinski definition) is 7. The van der Waals surface area contributed by atoms with E-state index in [1.54, 1.807) is 0 Å². The fourth-order valence-corrected chi connectivity index (χ4v) is 6.87. The van der Waals surface area contributed by atoms with E-state index in [-0.39, 0.29) is 32.3 Å². The molecule has 0 aromatic heterocycles. The largest absolute Gasteiger partial charge is 0.472 e. The first-order valence-electron chi connectivity index (χ1n) is 22.8. The van der Waals surface area contributed by atoms with Gasteiger partial charge in [-0.3, -0.25) is 13.8 Å². The Hall–Kier alpha value is -1.80. The molecule has 0 rings (SSSR count). The number of phosphoric ester groups is 1. The molecule has 0 aliphatic carbocycles. The van der Waals surface area contributed by atoms with Crippen molar-refractivity contribution >= 4 is 13.8 Å². The second-order valence-corrected chi connectivity index (χ2v) is 16.3. The van der Waals surface area contributed by atoms with Crippen molar-refractivity contribution in [2.45, 2.75) is 200 Å². The molecule has 0 saturated carbocycles. The Bertz CT molecular complexity index is 1040. The summed E-state index contributed by atoms with van der Waals surface area (Å²) in [6, 6.07) is 0. The number of unbranched alkanes of at least 4 members (excludes halogenated alkanes) is 20. The van der Waals surface area contributed by atoms with Gasteiger partial charge in [0, 0.05) is 19.6 Å². The van der Waals surface area contributed by atoms with E-state index in [1.807, 2.05) is 0 Å². The smallest absolute Gasteiger partial charge is 0.457 e. The summed E-state index contributed by atoms with van der Waals surface area (Å²) < 4.78 is 33.4. The molecule has 0 aliphatic heterocycles. The zero-order chi connectivity index (χ0) is 40.9. The highest BCUT2D eigenvalue weighted by Gasteiger charge is 2.25. The van der Waals surface area contributed by atoms with Crippen LogP contribution in [-0.4, -0.2) is 49.9 Å². The summed E-state index contributed by atoms with van der Waals surface area (Å²) in [4.78, 5) is 22.5. The lowest BCUT2D eigenvalue weighted by atomic mass is 10.1. The van der Waals surface area contributed by atoms with Gasteiger partial charge in [-0.05, 0) is 77.0 Å². The topological polar surface area (TPSA) is 117 Å². The first-order valence-corrected chi connectivity index (χ1v) is 24.3. The van der Waals surface area contributed by atoms with Crippen LogP contribution in [0.1, 0.15) is 194 Å². The average Bonchev–Trinajstić information content (AvgIpc) is 3.19. The predicted molar refractivity (Wildman–Crippen MR) is 238 cm³/mol. The van der Waals surface area contributed by atoms with E-state index in [9.17, 15) is 14.3 Å². The monoisotopic (exact) mass is 808 g/mol. The summed E-state index contributed by atoms with van der Waals surface area (Å²) in [6.45, 7) is 4.73. The van der Waals surface area contributed by atoms with Crippen molar-refractivity contribution in [1.82, 2.24) is 0 Å². The van der Waals surface area contributed by atoms with Gasteiger partial charge >= 0.3 is 13.8 Å². The van der Waals surface area contributed by atoms with Gasteiger partial charge in [0.25, 0.3) is 0 Å². The summed E-state index contributed by atoms with van der Waals surface area (Å²) in [5.74, 6) is -0.345. The minimum Gasteiger partial charge on any atom is -0.457 e. The van der Waals surface area contributed by atoms with Crippen molar-refractivity contribution in [3.05, 3.63) is 60.8 Å². The molecular formula is C47H86NO7P. The molecule has 0 heterocycles. The molecule has 0 fully saturated rings. The molecule has 0 aromatic rings. The molecule has 326 valence electrons. The zero-order valence-corrected chi connectivity index (χ0v) is 37.0. The van der Waals surface area contributed by atoms with Gasteiger partial charge in [-0.1, -0.05) is 171 Å². The van der Waals surface area contributed by atoms with Crippen LogP contribution in [0.5, 0.6) is 0 Å². The van der Waals surface area contributed by atoms with Crippen molar-refractivity contribution in [3.63, 3.8) is 0 Å². The third-order valence-corrected chi connectivity index (χ3v) is 10.4. The lowest BCUT2D eigenvalue weighted by Gasteiger charge is -2.20. The van der Waals surface area contributed by atoms with Crippen LogP contribution >= 0.6 is 7.82 Å². The van der Waals surface area contributed by atoms with Crippen molar-refractivity contribution in [1.29, 1.82) is 0 Å². The summed E-state index contributed by atoms with van der Waals surface area (Å²) >= 11 is 0. The van der Waals surface area contributed by atoms with E-state index in [0.717, 1.165) is 70.6 Å². The molecule has 0 aliphatic rings. The van der Waals surface area contributed by atoms with Crippen LogP contribution in [0.15, 0.2) is 60.8 Å². The molecule has 2 atom stereocenters. The van der Waals surface area contributed by atoms with Crippen molar-refractivity contribution in [3.8, 4) is 0 Å². The van der Waals surface area contributed by atoms with Gasteiger partial charge in [0.1, 0.15) is 6.10 Å². The summed E-state index contributed by atoms with van der Waals surface area (Å²) in [6.07, 6.45) is 53.9. The van der Waals surface area contributed by atoms with Gasteiger partial charge in [0.05, 0.1) is 19.8 Å². The summed E-state index contributed by atoms with van der Waals surface area (Å²) in [5.41, 5.74) is 5.37. The van der Waals surface area contributed by atoms with Crippen molar-refractivity contribution in [2.75, 3.05) is 33.0 Å². The predicted octanol–water partition coefficient (Wildman–Crippen LogP) is 13.8. The quantitative estimate of drug-likeness (QED) is 0.0271. The molecule has 0 saturated heterocycles. The third-order valence-electron chi connectivity index (χ3n) is 9.42. The summed E-state index contributed by atoms with van der Waals surface area (Å²) in [5, 5.41) is 0. The Labute approximate surface area is 344 Å². The second-order valence-electron chi connectivity index (χ2n) is 14.9. The highest BCUT2D eigenvalue weighted by atomic mass is 31.2. The maximum Gasteiger partial charge on any atom is 0.472 e. The third kappa shape index (κ3) is 43.3. The van der Waals surface area contributed by atoms with Gasteiger partial charge in [0.2, 0.25) is 0 Å². The van der Waals surface area contributed by atoms with E-state index in [1.165, 1.54) is 103 Å². The molecule has 8 nitrogen and oxygen atoms in total. The molecule has 0 amide bonds. The minimum absolute atomic E-state index is 0.0923. The van der Waals surface area contributed by atoms with Crippen molar-refractivity contribution < 1.29 is 32.8 Å². The molecule has 0 bridgehead atoms. The van der Waals surface area contributed by atoms with Gasteiger partial charge in [0.15, 0.2) is 0 Å². The van der Waals surface area contributed by atoms with Gasteiger partial charge in [-0.15, -0.1) is 0 Å². The number of esters is 1. The standard InChI is InChI=1S/C47H86NO7P/c1-3-5-7-9-11-13-15-17-19-21-22-23-24-25-26-28-30-32-34-36-38-40-47(49)55-46(45-54-56(50,51)53-43-41-48)44-52-42-39-37-35-33-31-29-27-20-18-16-14-12-10-8-6-4-2/h6,8,12,14,18,20-22,29,31,46H,3-5,7,9-11,13,15-17,19,23-28,30,32-45,48H2,1-2H3,(H,50,51)/b8-6-,14-12-,20-18-,22-21-,31-29-. The Morgan fingerprint density at radius 2 is 1.00 bits per heavy atom. The lowest BCUT2D eigenvalue weighted by molar-refractivity contribution is -0.154. The van der Waals surface area contributed by atoms with Gasteiger partial charge in [-0.2, -0.15) is 0 Å². The Morgan fingerprint density at radius 3 is 1.52 bits per heavy atom. The highest BCUT2D eigenvalue weighted by molar-refractivity contribution is 7.47. The van der Waals surface area contributed by atoms with Crippen LogP contribution < -0.4 is 5.73 Å². The number of carbonyl (C=O) groups is 1. The maximum atomic E-state index is 12.6. The fourth-order valence-electron chi connectivity index (χ4n) is 6.10. The molecule has 0 aromatic carbocycles. The molecule has 0 radical (unpaired) electrons. The first kappa shape index (κ1) is 54.2. The molecule has 2 unspecified atom stereocenters. The zero-order valence-electron chi connectivity index (χ0n) is 36.1. The van der Waals surface area contributed by atoms with Crippen molar-refractivity contribution in [2.24, 2.45) is 5.73 Å². The molecule has 9 heteroatoms. The average molecular weight is 808 g/mol. The normalized spacial score (nSPS) is 14.0. The number of hydrogen-bond donors (Lipinski definition) is 2. The second kappa shape index (κ2) is 44.3. The van der Waals surface area contributed by atoms with E-state index in [0.29, 0.717) is 13.0 Å². The van der Waals surface area contributed by atoms with Crippen LogP contribution in [-0.2, 0) is 27.9 Å². The van der Waals surface area contributed by atoms with Gasteiger partial charge in [-0.25, -0.2) is 4.57 Å². The Morgan fingerprint density at radius 1 is 0.554 bits per heavy atom. The van der Waals surface area contributed by atoms with Gasteiger partial charge < -0.3 is 20.1 Å². The van der Waals surface area contributed by atoms with E-state index in [2.05, 4.69) is 74.6 Å². The maximum absolute atomic E-state index is 12.6. The van der Waals surface area contributed by atoms with E-state index >= 15 is 0 Å². The number of allylic oxidation sites excluding steroid dienone is 10. The Kier molecular flexibility index (Phi) is 42.9. The first-order chi connectivity index (χ1) is 27.4. The van der Waals surface area contributed by atoms with Crippen LogP contribution in [0, 0.1) is 0 Å². The van der Waals surface area contributed by atoms with Crippen LogP contribution in [0.3, 0.4) is 0 Å². The van der Waals surface area contributed by atoms with Crippen LogP contribution in [0.4, 0.5) is 0 Å². The molecular weight excluding hydrogens is 721 g/mol. The fraction of sp³-hybridized carbons (Fsp3) is 0.766. The number of rotatable bonds is 43.